The fraction of sp³-hybridized carbons (Fsp3) is 0.400. The molecule has 1 aromatic carbocycles. The lowest BCUT2D eigenvalue weighted by molar-refractivity contribution is -0.159. The maximum atomic E-state index is 13.0. The normalized spacial score (nSPS) is 11.3. The number of amides is 2. The number of halogens is 2. The third kappa shape index (κ3) is 7.33. The Bertz CT molecular complexity index is 1090. The van der Waals surface area contributed by atoms with Crippen molar-refractivity contribution in [2.24, 2.45) is 0 Å². The molecule has 0 atom stereocenters. The molecule has 0 aliphatic heterocycles. The SMILES string of the molecule is CNC(=O)c1cn(CCCCn2cc(C(=O)NCc3cccc(OC(C)(F)F)c3)nn2)nn1. The Hall–Kier alpha value is -3.90. The Labute approximate surface area is 188 Å². The van der Waals surface area contributed by atoms with Crippen LogP contribution in [0.2, 0.25) is 0 Å². The number of rotatable bonds is 11. The van der Waals surface area contributed by atoms with E-state index < -0.39 is 12.0 Å². The first-order valence-electron chi connectivity index (χ1n) is 10.2. The van der Waals surface area contributed by atoms with Crippen molar-refractivity contribution in [1.29, 1.82) is 0 Å². The molecule has 3 rings (SSSR count). The van der Waals surface area contributed by atoms with Gasteiger partial charge in [-0.05, 0) is 30.5 Å². The van der Waals surface area contributed by atoms with E-state index in [0.717, 1.165) is 12.8 Å². The summed E-state index contributed by atoms with van der Waals surface area (Å²) in [4.78, 5) is 23.8. The smallest absolute Gasteiger partial charge is 0.394 e. The Morgan fingerprint density at radius 3 is 2.21 bits per heavy atom. The molecule has 176 valence electrons. The van der Waals surface area contributed by atoms with E-state index in [2.05, 4.69) is 36.0 Å². The number of nitrogens with zero attached hydrogens (tertiary/aromatic N) is 6. The van der Waals surface area contributed by atoms with Crippen molar-refractivity contribution in [3.05, 3.63) is 53.6 Å². The first-order valence-corrected chi connectivity index (χ1v) is 10.2. The van der Waals surface area contributed by atoms with E-state index in [1.807, 2.05) is 0 Å². The van der Waals surface area contributed by atoms with Crippen LogP contribution in [0.15, 0.2) is 36.7 Å². The fourth-order valence-electron chi connectivity index (χ4n) is 2.90. The topological polar surface area (TPSA) is 129 Å². The predicted octanol–water partition coefficient (Wildman–Crippen LogP) is 1.63. The largest absolute Gasteiger partial charge is 0.433 e. The van der Waals surface area contributed by atoms with E-state index in [0.29, 0.717) is 25.6 Å². The van der Waals surface area contributed by atoms with E-state index in [-0.39, 0.29) is 29.6 Å². The molecule has 2 N–H and O–H groups in total. The number of unbranched alkanes of at least 4 members (excludes halogenated alkanes) is 1. The molecule has 13 heteroatoms. The number of benzene rings is 1. The summed E-state index contributed by atoms with van der Waals surface area (Å²) in [6, 6.07) is 6.10. The zero-order chi connectivity index (χ0) is 23.8. The molecule has 2 amide bonds. The number of ether oxygens (including phenoxy) is 1. The highest BCUT2D eigenvalue weighted by atomic mass is 19.3. The molecule has 2 heterocycles. The molecule has 0 bridgehead atoms. The van der Waals surface area contributed by atoms with Crippen molar-refractivity contribution in [3.63, 3.8) is 0 Å². The average Bonchev–Trinajstić information content (AvgIpc) is 3.43. The van der Waals surface area contributed by atoms with Gasteiger partial charge in [0.25, 0.3) is 11.8 Å². The number of carbonyl (C=O) groups excluding carboxylic acids is 2. The molecule has 0 fully saturated rings. The van der Waals surface area contributed by atoms with E-state index in [1.165, 1.54) is 25.4 Å². The van der Waals surface area contributed by atoms with Crippen molar-refractivity contribution in [2.45, 2.75) is 45.5 Å². The van der Waals surface area contributed by atoms with Crippen molar-refractivity contribution < 1.29 is 23.1 Å². The number of aromatic nitrogens is 6. The Morgan fingerprint density at radius 1 is 1.03 bits per heavy atom. The quantitative estimate of drug-likeness (QED) is 0.415. The summed E-state index contributed by atoms with van der Waals surface area (Å²) < 4.78 is 33.7. The van der Waals surface area contributed by atoms with Crippen molar-refractivity contribution in [3.8, 4) is 5.75 Å². The summed E-state index contributed by atoms with van der Waals surface area (Å²) in [7, 11) is 1.53. The highest BCUT2D eigenvalue weighted by Gasteiger charge is 2.23. The second kappa shape index (κ2) is 10.6. The van der Waals surface area contributed by atoms with Gasteiger partial charge in [-0.2, -0.15) is 8.78 Å². The van der Waals surface area contributed by atoms with E-state index in [4.69, 9.17) is 0 Å². The second-order valence-corrected chi connectivity index (χ2v) is 7.26. The summed E-state index contributed by atoms with van der Waals surface area (Å²) in [6.07, 6.45) is 1.32. The standard InChI is InChI=1S/C20H24F2N8O3/c1-20(21,22)33-15-7-5-6-14(10-15)11-24-19(32)17-13-30(28-26-17)9-4-3-8-29-12-16(25-27-29)18(31)23-2/h5-7,10,12-13H,3-4,8-9,11H2,1-2H3,(H,23,31)(H,24,32). The van der Waals surface area contributed by atoms with Crippen LogP contribution in [0.1, 0.15) is 46.3 Å². The van der Waals surface area contributed by atoms with Crippen molar-refractivity contribution >= 4 is 11.8 Å². The van der Waals surface area contributed by atoms with Gasteiger partial charge in [-0.15, -0.1) is 10.2 Å². The lowest BCUT2D eigenvalue weighted by atomic mass is 10.2. The number of carbonyl (C=O) groups is 2. The highest BCUT2D eigenvalue weighted by molar-refractivity contribution is 5.92. The molecular weight excluding hydrogens is 438 g/mol. The van der Waals surface area contributed by atoms with Crippen LogP contribution in [0.3, 0.4) is 0 Å². The van der Waals surface area contributed by atoms with Gasteiger partial charge in [0.15, 0.2) is 11.4 Å². The summed E-state index contributed by atoms with van der Waals surface area (Å²) in [5, 5.41) is 20.7. The molecule has 2 aromatic heterocycles. The van der Waals surface area contributed by atoms with Gasteiger partial charge in [-0.1, -0.05) is 22.6 Å². The second-order valence-electron chi connectivity index (χ2n) is 7.26. The van der Waals surface area contributed by atoms with Gasteiger partial charge in [-0.3, -0.25) is 19.0 Å². The molecular formula is C20H24F2N8O3. The maximum Gasteiger partial charge on any atom is 0.394 e. The number of alkyl halides is 2. The zero-order valence-corrected chi connectivity index (χ0v) is 18.2. The van der Waals surface area contributed by atoms with Crippen LogP contribution in [0.25, 0.3) is 0 Å². The third-order valence-corrected chi connectivity index (χ3v) is 4.44. The number of aryl methyl sites for hydroxylation is 2. The minimum absolute atomic E-state index is 0.0101. The number of hydrogen-bond acceptors (Lipinski definition) is 7. The van der Waals surface area contributed by atoms with Crippen LogP contribution in [-0.2, 0) is 19.6 Å². The van der Waals surface area contributed by atoms with Gasteiger partial charge >= 0.3 is 6.11 Å². The Kier molecular flexibility index (Phi) is 7.64. The average molecular weight is 462 g/mol. The van der Waals surface area contributed by atoms with Gasteiger partial charge in [-0.25, -0.2) is 0 Å². The van der Waals surface area contributed by atoms with Gasteiger partial charge in [0.2, 0.25) is 0 Å². The third-order valence-electron chi connectivity index (χ3n) is 4.44. The minimum Gasteiger partial charge on any atom is -0.433 e. The first kappa shape index (κ1) is 23.8. The summed E-state index contributed by atoms with van der Waals surface area (Å²) in [5.41, 5.74) is 1.01. The molecule has 0 radical (unpaired) electrons. The van der Waals surface area contributed by atoms with Crippen molar-refractivity contribution in [2.75, 3.05) is 7.05 Å². The van der Waals surface area contributed by atoms with Crippen LogP contribution in [0, 0.1) is 0 Å². The van der Waals surface area contributed by atoms with E-state index in [1.54, 1.807) is 27.7 Å². The zero-order valence-electron chi connectivity index (χ0n) is 18.2. The molecule has 0 unspecified atom stereocenters. The lowest BCUT2D eigenvalue weighted by Crippen LogP contribution is -2.23. The van der Waals surface area contributed by atoms with Gasteiger partial charge in [0.1, 0.15) is 5.75 Å². The van der Waals surface area contributed by atoms with Crippen LogP contribution < -0.4 is 15.4 Å². The molecule has 33 heavy (non-hydrogen) atoms. The van der Waals surface area contributed by atoms with Gasteiger partial charge in [0.05, 0.1) is 12.4 Å². The molecule has 0 aliphatic rings. The molecule has 0 spiro atoms. The van der Waals surface area contributed by atoms with Crippen LogP contribution >= 0.6 is 0 Å². The number of hydrogen-bond donors (Lipinski definition) is 2. The summed E-state index contributed by atoms with van der Waals surface area (Å²) in [5.74, 6) is -0.716. The van der Waals surface area contributed by atoms with Crippen LogP contribution in [0.4, 0.5) is 8.78 Å². The molecule has 0 saturated carbocycles. The molecule has 0 saturated heterocycles. The number of nitrogens with one attached hydrogen (secondary N) is 2. The summed E-state index contributed by atoms with van der Waals surface area (Å²) >= 11 is 0. The summed E-state index contributed by atoms with van der Waals surface area (Å²) in [6.45, 7) is 1.90. The van der Waals surface area contributed by atoms with Crippen molar-refractivity contribution in [1.82, 2.24) is 40.6 Å². The van der Waals surface area contributed by atoms with E-state index in [9.17, 15) is 18.4 Å². The van der Waals surface area contributed by atoms with E-state index >= 15 is 0 Å². The maximum absolute atomic E-state index is 13.0. The molecule has 3 aromatic rings. The Balaban J connectivity index is 1.42. The van der Waals surface area contributed by atoms with Crippen LogP contribution in [0.5, 0.6) is 5.75 Å². The Morgan fingerprint density at radius 2 is 1.64 bits per heavy atom. The van der Waals surface area contributed by atoms with Crippen LogP contribution in [-0.4, -0.2) is 55.0 Å². The van der Waals surface area contributed by atoms with Gasteiger partial charge in [0, 0.05) is 33.6 Å². The first-order chi connectivity index (χ1) is 15.7. The minimum atomic E-state index is -3.29. The van der Waals surface area contributed by atoms with Gasteiger partial charge < -0.3 is 15.4 Å². The lowest BCUT2D eigenvalue weighted by Gasteiger charge is -2.13. The molecule has 0 aliphatic carbocycles. The highest BCUT2D eigenvalue weighted by Crippen LogP contribution is 2.21. The fourth-order valence-corrected chi connectivity index (χ4v) is 2.90. The predicted molar refractivity (Wildman–Crippen MR) is 112 cm³/mol. The molecule has 11 nitrogen and oxygen atoms in total. The monoisotopic (exact) mass is 462 g/mol.